The number of hydrogen-bond donors (Lipinski definition) is 0. The van der Waals surface area contributed by atoms with Gasteiger partial charge in [-0.25, -0.2) is 22.0 Å². The zero-order valence-electron chi connectivity index (χ0n) is 15.3. The van der Waals surface area contributed by atoms with Gasteiger partial charge in [-0.3, -0.25) is 0 Å². The number of aryl methyl sites for hydroxylation is 1. The highest BCUT2D eigenvalue weighted by molar-refractivity contribution is 5.20. The average Bonchev–Trinajstić information content (AvgIpc) is 2.59. The zero-order valence-corrected chi connectivity index (χ0v) is 15.3. The van der Waals surface area contributed by atoms with Crippen LogP contribution in [-0.2, 0) is 6.42 Å². The molecule has 146 valence electrons. The lowest BCUT2D eigenvalue weighted by atomic mass is 9.67. The smallest absolute Gasteiger partial charge is 0.194 e. The van der Waals surface area contributed by atoms with E-state index in [9.17, 15) is 17.6 Å². The van der Waals surface area contributed by atoms with Crippen molar-refractivity contribution < 1.29 is 22.0 Å². The number of alkyl halides is 2. The van der Waals surface area contributed by atoms with Crippen molar-refractivity contribution in [2.45, 2.75) is 82.5 Å². The van der Waals surface area contributed by atoms with Gasteiger partial charge in [-0.1, -0.05) is 0 Å². The van der Waals surface area contributed by atoms with E-state index in [1.165, 1.54) is 0 Å². The summed E-state index contributed by atoms with van der Waals surface area (Å²) in [6.07, 6.45) is 5.78. The Morgan fingerprint density at radius 2 is 1.31 bits per heavy atom. The second kappa shape index (κ2) is 7.47. The molecule has 1 aromatic carbocycles. The summed E-state index contributed by atoms with van der Waals surface area (Å²) in [6.45, 7) is 1.66. The molecule has 0 bridgehead atoms. The maximum absolute atomic E-state index is 15.1. The Balaban J connectivity index is 1.50. The summed E-state index contributed by atoms with van der Waals surface area (Å²) in [5, 5.41) is 0. The first-order valence-corrected chi connectivity index (χ1v) is 9.69. The van der Waals surface area contributed by atoms with Crippen LogP contribution in [-0.4, -0.2) is 11.3 Å². The Labute approximate surface area is 152 Å². The van der Waals surface area contributed by atoms with Gasteiger partial charge in [0.05, 0.1) is 0 Å². The molecule has 26 heavy (non-hydrogen) atoms. The maximum atomic E-state index is 15.1. The fraction of sp³-hybridized carbons (Fsp3) is 0.714. The predicted octanol–water partition coefficient (Wildman–Crippen LogP) is 6.85. The fourth-order valence-electron chi connectivity index (χ4n) is 4.71. The highest BCUT2D eigenvalue weighted by Gasteiger charge is 2.40. The number of hydrogen-bond acceptors (Lipinski definition) is 0. The van der Waals surface area contributed by atoms with E-state index < -0.39 is 28.8 Å². The van der Waals surface area contributed by atoms with Crippen LogP contribution in [0.1, 0.15) is 70.3 Å². The van der Waals surface area contributed by atoms with Gasteiger partial charge in [0.15, 0.2) is 17.5 Å². The molecule has 0 amide bonds. The molecule has 3 rings (SSSR count). The lowest BCUT2D eigenvalue weighted by molar-refractivity contribution is 0.0305. The van der Waals surface area contributed by atoms with Gasteiger partial charge in [-0.2, -0.15) is 0 Å². The van der Waals surface area contributed by atoms with E-state index in [-0.39, 0.29) is 18.4 Å². The highest BCUT2D eigenvalue weighted by atomic mass is 19.2. The van der Waals surface area contributed by atoms with Crippen molar-refractivity contribution in [3.8, 4) is 0 Å². The SMILES string of the molecule is CC1(F)CCC(C2CCC(F)(CCc3cc(F)c(F)c(F)c3)CC2)CC1. The van der Waals surface area contributed by atoms with Gasteiger partial charge in [0.1, 0.15) is 11.3 Å². The second-order valence-corrected chi connectivity index (χ2v) is 8.61. The molecule has 0 unspecified atom stereocenters. The molecular formula is C21H27F5. The van der Waals surface area contributed by atoms with Gasteiger partial charge < -0.3 is 0 Å². The van der Waals surface area contributed by atoms with Crippen LogP contribution >= 0.6 is 0 Å². The van der Waals surface area contributed by atoms with Gasteiger partial charge in [-0.05, 0) is 101 Å². The van der Waals surface area contributed by atoms with Gasteiger partial charge >= 0.3 is 0 Å². The van der Waals surface area contributed by atoms with Gasteiger partial charge in [0.25, 0.3) is 0 Å². The molecule has 0 heterocycles. The molecular weight excluding hydrogens is 347 g/mol. The topological polar surface area (TPSA) is 0 Å². The number of benzene rings is 1. The quantitative estimate of drug-likeness (QED) is 0.399. The minimum Gasteiger partial charge on any atom is -0.244 e. The standard InChI is InChI=1S/C21H27F5/c1-20(25)7-3-15(4-8-20)16-5-10-21(26,11-6-16)9-2-14-12-17(22)19(24)18(23)13-14/h12-13,15-16H,2-11H2,1H3. The summed E-state index contributed by atoms with van der Waals surface area (Å²) in [5.74, 6) is -3.00. The van der Waals surface area contributed by atoms with E-state index in [0.717, 1.165) is 37.8 Å². The Bertz CT molecular complexity index is 598. The fourth-order valence-corrected chi connectivity index (χ4v) is 4.71. The third kappa shape index (κ3) is 4.58. The summed E-state index contributed by atoms with van der Waals surface area (Å²) in [6, 6.07) is 1.90. The zero-order chi connectivity index (χ0) is 18.9. The van der Waals surface area contributed by atoms with E-state index in [4.69, 9.17) is 0 Å². The maximum Gasteiger partial charge on any atom is 0.194 e. The van der Waals surface area contributed by atoms with Crippen LogP contribution in [0.3, 0.4) is 0 Å². The third-order valence-corrected chi connectivity index (χ3v) is 6.57. The summed E-state index contributed by atoms with van der Waals surface area (Å²) < 4.78 is 68.6. The molecule has 0 aliphatic heterocycles. The van der Waals surface area contributed by atoms with Crippen LogP contribution < -0.4 is 0 Å². The van der Waals surface area contributed by atoms with Crippen molar-refractivity contribution >= 4 is 0 Å². The lowest BCUT2D eigenvalue weighted by Crippen LogP contribution is -2.35. The van der Waals surface area contributed by atoms with Crippen LogP contribution in [0, 0.1) is 29.3 Å². The van der Waals surface area contributed by atoms with Crippen molar-refractivity contribution in [1.29, 1.82) is 0 Å². The van der Waals surface area contributed by atoms with Crippen LogP contribution in [0.4, 0.5) is 22.0 Å². The number of halogens is 5. The van der Waals surface area contributed by atoms with Crippen molar-refractivity contribution in [1.82, 2.24) is 0 Å². The first-order valence-electron chi connectivity index (χ1n) is 9.69. The molecule has 0 N–H and O–H groups in total. The molecule has 0 nitrogen and oxygen atoms in total. The lowest BCUT2D eigenvalue weighted by Gasteiger charge is -2.41. The molecule has 0 radical (unpaired) electrons. The largest absolute Gasteiger partial charge is 0.244 e. The van der Waals surface area contributed by atoms with Gasteiger partial charge in [0.2, 0.25) is 0 Å². The van der Waals surface area contributed by atoms with Crippen LogP contribution in [0.2, 0.25) is 0 Å². The van der Waals surface area contributed by atoms with Gasteiger partial charge in [0, 0.05) is 0 Å². The molecule has 1 aromatic rings. The Kier molecular flexibility index (Phi) is 5.64. The molecule has 0 spiro atoms. The average molecular weight is 374 g/mol. The molecule has 0 atom stereocenters. The Morgan fingerprint density at radius 1 is 0.846 bits per heavy atom. The normalized spacial score (nSPS) is 35.5. The third-order valence-electron chi connectivity index (χ3n) is 6.57. The summed E-state index contributed by atoms with van der Waals surface area (Å²) in [5.41, 5.74) is -2.09. The van der Waals surface area contributed by atoms with Crippen molar-refractivity contribution in [2.24, 2.45) is 11.8 Å². The van der Waals surface area contributed by atoms with E-state index >= 15 is 4.39 Å². The van der Waals surface area contributed by atoms with Crippen molar-refractivity contribution in [3.63, 3.8) is 0 Å². The van der Waals surface area contributed by atoms with E-state index in [1.54, 1.807) is 6.92 Å². The predicted molar refractivity (Wildman–Crippen MR) is 91.9 cm³/mol. The van der Waals surface area contributed by atoms with E-state index in [0.29, 0.717) is 37.5 Å². The van der Waals surface area contributed by atoms with Crippen LogP contribution in [0.25, 0.3) is 0 Å². The molecule has 2 saturated carbocycles. The first kappa shape index (κ1) is 19.6. The molecule has 0 saturated heterocycles. The van der Waals surface area contributed by atoms with E-state index in [1.807, 2.05) is 0 Å². The highest BCUT2D eigenvalue weighted by Crippen LogP contribution is 2.46. The summed E-state index contributed by atoms with van der Waals surface area (Å²) in [7, 11) is 0. The number of rotatable bonds is 4. The minimum atomic E-state index is -1.49. The molecule has 5 heteroatoms. The molecule has 2 aliphatic rings. The molecule has 2 aliphatic carbocycles. The van der Waals surface area contributed by atoms with E-state index in [2.05, 4.69) is 0 Å². The van der Waals surface area contributed by atoms with Gasteiger partial charge in [-0.15, -0.1) is 0 Å². The Morgan fingerprint density at radius 3 is 1.81 bits per heavy atom. The summed E-state index contributed by atoms with van der Waals surface area (Å²) in [4.78, 5) is 0. The molecule has 2 fully saturated rings. The monoisotopic (exact) mass is 374 g/mol. The minimum absolute atomic E-state index is 0.192. The van der Waals surface area contributed by atoms with Crippen LogP contribution in [0.5, 0.6) is 0 Å². The second-order valence-electron chi connectivity index (χ2n) is 8.61. The van der Waals surface area contributed by atoms with Crippen molar-refractivity contribution in [2.75, 3.05) is 0 Å². The van der Waals surface area contributed by atoms with Crippen molar-refractivity contribution in [3.05, 3.63) is 35.1 Å². The first-order chi connectivity index (χ1) is 12.2. The Hall–Kier alpha value is -1.13. The summed E-state index contributed by atoms with van der Waals surface area (Å²) >= 11 is 0. The van der Waals surface area contributed by atoms with Crippen LogP contribution in [0.15, 0.2) is 12.1 Å². The molecule has 0 aromatic heterocycles.